The Morgan fingerprint density at radius 3 is 2.39 bits per heavy atom. The summed E-state index contributed by atoms with van der Waals surface area (Å²) in [5.74, 6) is 0. The lowest BCUT2D eigenvalue weighted by atomic mass is 9.76. The summed E-state index contributed by atoms with van der Waals surface area (Å²) in [5.41, 5.74) is 2.67. The van der Waals surface area contributed by atoms with E-state index in [1.165, 1.54) is 24.0 Å². The summed E-state index contributed by atoms with van der Waals surface area (Å²) >= 11 is 6.53. The third kappa shape index (κ3) is 3.07. The number of alkyl halides is 1. The lowest BCUT2D eigenvalue weighted by Gasteiger charge is -2.41. The summed E-state index contributed by atoms with van der Waals surface area (Å²) in [6, 6.07) is 8.75. The van der Waals surface area contributed by atoms with E-state index in [0.717, 1.165) is 25.7 Å². The quantitative estimate of drug-likeness (QED) is 0.667. The Hall–Kier alpha value is -0.530. The summed E-state index contributed by atoms with van der Waals surface area (Å²) < 4.78 is 5.64. The molecule has 18 heavy (non-hydrogen) atoms. The molecule has 1 atom stereocenters. The Labute approximate surface area is 115 Å². The van der Waals surface area contributed by atoms with E-state index in [2.05, 4.69) is 31.2 Å². The second-order valence-corrected chi connectivity index (χ2v) is 5.93. The zero-order chi connectivity index (χ0) is 13.0. The van der Waals surface area contributed by atoms with E-state index in [0.29, 0.717) is 0 Å². The molecule has 2 heteroatoms. The second-order valence-electron chi connectivity index (χ2n) is 5.40. The van der Waals surface area contributed by atoms with Gasteiger partial charge in [-0.3, -0.25) is 0 Å². The third-order valence-electron chi connectivity index (χ3n) is 4.13. The van der Waals surface area contributed by atoms with Crippen LogP contribution >= 0.6 is 11.6 Å². The molecule has 1 aliphatic carbocycles. The highest BCUT2D eigenvalue weighted by Gasteiger charge is 2.38. The fraction of sp³-hybridized carbons (Fsp3) is 0.625. The standard InChI is InChI=1S/C16H23ClO/c1-3-5-13-6-8-14(9-7-13)15(17)12-16(18-2)10-4-11-16/h6-9,15H,3-5,10-12H2,1-2H3. The van der Waals surface area contributed by atoms with Gasteiger partial charge in [-0.05, 0) is 43.2 Å². The molecule has 0 aliphatic heterocycles. The van der Waals surface area contributed by atoms with Crippen LogP contribution in [-0.4, -0.2) is 12.7 Å². The summed E-state index contributed by atoms with van der Waals surface area (Å²) in [4.78, 5) is 0. The van der Waals surface area contributed by atoms with Crippen molar-refractivity contribution >= 4 is 11.6 Å². The molecule has 1 unspecified atom stereocenters. The SMILES string of the molecule is CCCc1ccc(C(Cl)CC2(OC)CCC2)cc1. The minimum atomic E-state index is 0.0501. The van der Waals surface area contributed by atoms with E-state index in [9.17, 15) is 0 Å². The second kappa shape index (κ2) is 6.08. The van der Waals surface area contributed by atoms with Crippen LogP contribution in [0.25, 0.3) is 0 Å². The van der Waals surface area contributed by atoms with Gasteiger partial charge >= 0.3 is 0 Å². The molecule has 1 aromatic rings. The predicted molar refractivity (Wildman–Crippen MR) is 77.2 cm³/mol. The van der Waals surface area contributed by atoms with E-state index < -0.39 is 0 Å². The van der Waals surface area contributed by atoms with Gasteiger partial charge in [0.1, 0.15) is 0 Å². The Kier molecular flexibility index (Phi) is 4.69. The van der Waals surface area contributed by atoms with Crippen molar-refractivity contribution in [3.8, 4) is 0 Å². The molecular weight excluding hydrogens is 244 g/mol. The molecule has 0 N–H and O–H groups in total. The third-order valence-corrected chi connectivity index (χ3v) is 4.54. The van der Waals surface area contributed by atoms with Crippen molar-refractivity contribution in [3.63, 3.8) is 0 Å². The maximum Gasteiger partial charge on any atom is 0.0696 e. The maximum absolute atomic E-state index is 6.53. The summed E-state index contributed by atoms with van der Waals surface area (Å²) in [6.45, 7) is 2.21. The van der Waals surface area contributed by atoms with E-state index in [1.807, 2.05) is 7.11 Å². The van der Waals surface area contributed by atoms with Crippen molar-refractivity contribution in [2.24, 2.45) is 0 Å². The predicted octanol–water partition coefficient (Wildman–Crippen LogP) is 4.88. The van der Waals surface area contributed by atoms with Gasteiger partial charge in [0, 0.05) is 7.11 Å². The summed E-state index contributed by atoms with van der Waals surface area (Å²) in [5, 5.41) is 0.0703. The van der Waals surface area contributed by atoms with Crippen LogP contribution in [0.5, 0.6) is 0 Å². The van der Waals surface area contributed by atoms with Crippen molar-refractivity contribution in [1.82, 2.24) is 0 Å². The van der Waals surface area contributed by atoms with Crippen LogP contribution in [0.1, 0.15) is 55.5 Å². The average molecular weight is 267 g/mol. The molecule has 0 bridgehead atoms. The molecule has 0 amide bonds. The molecule has 0 radical (unpaired) electrons. The molecule has 0 spiro atoms. The Balaban J connectivity index is 1.97. The van der Waals surface area contributed by atoms with Gasteiger partial charge < -0.3 is 4.74 Å². The highest BCUT2D eigenvalue weighted by Crippen LogP contribution is 2.43. The van der Waals surface area contributed by atoms with Crippen molar-refractivity contribution < 1.29 is 4.74 Å². The van der Waals surface area contributed by atoms with Crippen LogP contribution in [0, 0.1) is 0 Å². The summed E-state index contributed by atoms with van der Waals surface area (Å²) in [7, 11) is 1.81. The van der Waals surface area contributed by atoms with Crippen molar-refractivity contribution in [2.75, 3.05) is 7.11 Å². The van der Waals surface area contributed by atoms with Crippen molar-refractivity contribution in [2.45, 2.75) is 56.4 Å². The fourth-order valence-electron chi connectivity index (χ4n) is 2.69. The van der Waals surface area contributed by atoms with Crippen LogP contribution in [0.4, 0.5) is 0 Å². The zero-order valence-corrected chi connectivity index (χ0v) is 12.2. The molecule has 0 heterocycles. The molecule has 1 aliphatic rings. The summed E-state index contributed by atoms with van der Waals surface area (Å²) in [6.07, 6.45) is 6.85. The monoisotopic (exact) mass is 266 g/mol. The zero-order valence-electron chi connectivity index (χ0n) is 11.4. The van der Waals surface area contributed by atoms with Gasteiger partial charge in [-0.15, -0.1) is 11.6 Å². The average Bonchev–Trinajstić information content (AvgIpc) is 2.35. The first-order valence-corrected chi connectivity index (χ1v) is 7.41. The van der Waals surface area contributed by atoms with Crippen LogP contribution < -0.4 is 0 Å². The maximum atomic E-state index is 6.53. The Morgan fingerprint density at radius 1 is 1.28 bits per heavy atom. The first-order chi connectivity index (χ1) is 8.69. The van der Waals surface area contributed by atoms with Crippen LogP contribution in [0.2, 0.25) is 0 Å². The molecule has 100 valence electrons. The number of rotatable bonds is 6. The van der Waals surface area contributed by atoms with Gasteiger partial charge in [-0.2, -0.15) is 0 Å². The number of aryl methyl sites for hydroxylation is 1. The van der Waals surface area contributed by atoms with Crippen LogP contribution in [0.15, 0.2) is 24.3 Å². The van der Waals surface area contributed by atoms with E-state index >= 15 is 0 Å². The molecule has 2 rings (SSSR count). The van der Waals surface area contributed by atoms with Crippen molar-refractivity contribution in [3.05, 3.63) is 35.4 Å². The number of ether oxygens (including phenoxy) is 1. The van der Waals surface area contributed by atoms with E-state index in [4.69, 9.17) is 16.3 Å². The fourth-order valence-corrected chi connectivity index (χ4v) is 3.12. The number of benzene rings is 1. The van der Waals surface area contributed by atoms with E-state index in [-0.39, 0.29) is 11.0 Å². The topological polar surface area (TPSA) is 9.23 Å². The number of halogens is 1. The van der Waals surface area contributed by atoms with Gasteiger partial charge in [-0.25, -0.2) is 0 Å². The van der Waals surface area contributed by atoms with Gasteiger partial charge in [0.15, 0.2) is 0 Å². The number of hydrogen-bond acceptors (Lipinski definition) is 1. The Morgan fingerprint density at radius 2 is 1.94 bits per heavy atom. The van der Waals surface area contributed by atoms with Crippen LogP contribution in [-0.2, 0) is 11.2 Å². The smallest absolute Gasteiger partial charge is 0.0696 e. The Bertz CT molecular complexity index is 362. The van der Waals surface area contributed by atoms with Gasteiger partial charge in [0.25, 0.3) is 0 Å². The minimum absolute atomic E-state index is 0.0501. The molecule has 1 saturated carbocycles. The molecule has 1 nitrogen and oxygen atoms in total. The van der Waals surface area contributed by atoms with Gasteiger partial charge in [0.2, 0.25) is 0 Å². The molecule has 1 fully saturated rings. The first kappa shape index (κ1) is 13.9. The largest absolute Gasteiger partial charge is 0.378 e. The van der Waals surface area contributed by atoms with Gasteiger partial charge in [-0.1, -0.05) is 37.6 Å². The lowest BCUT2D eigenvalue weighted by molar-refractivity contribution is -0.0780. The minimum Gasteiger partial charge on any atom is -0.378 e. The van der Waals surface area contributed by atoms with E-state index in [1.54, 1.807) is 0 Å². The molecule has 0 saturated heterocycles. The normalized spacial score (nSPS) is 19.3. The van der Waals surface area contributed by atoms with Crippen molar-refractivity contribution in [1.29, 1.82) is 0 Å². The molecule has 1 aromatic carbocycles. The van der Waals surface area contributed by atoms with Crippen LogP contribution in [0.3, 0.4) is 0 Å². The first-order valence-electron chi connectivity index (χ1n) is 6.97. The van der Waals surface area contributed by atoms with Gasteiger partial charge in [0.05, 0.1) is 11.0 Å². The highest BCUT2D eigenvalue weighted by molar-refractivity contribution is 6.20. The number of methoxy groups -OCH3 is 1. The highest BCUT2D eigenvalue weighted by atomic mass is 35.5. The lowest BCUT2D eigenvalue weighted by Crippen LogP contribution is -2.39. The molecule has 0 aromatic heterocycles. The number of hydrogen-bond donors (Lipinski definition) is 0. The molecular formula is C16H23ClO.